The summed E-state index contributed by atoms with van der Waals surface area (Å²) in [5, 5.41) is 5.79. The van der Waals surface area contributed by atoms with Crippen LogP contribution in [0.2, 0.25) is 0 Å². The Hall–Kier alpha value is -2.58. The molecule has 0 spiro atoms. The van der Waals surface area contributed by atoms with E-state index in [4.69, 9.17) is 9.26 Å². The molecule has 1 aromatic carbocycles. The van der Waals surface area contributed by atoms with Crippen molar-refractivity contribution in [3.8, 4) is 11.4 Å². The fourth-order valence-electron chi connectivity index (χ4n) is 2.38. The summed E-state index contributed by atoms with van der Waals surface area (Å²) in [4.78, 5) is 19.3. The standard InChI is InChI=1S/C18H18FN3O3S/c1-24-11-10-22(18(23)15-3-2-12-26-15)9-8-16-20-17(21-25-16)13-4-6-14(19)7-5-13/h2-7,12H,8-11H2,1H3. The molecule has 26 heavy (non-hydrogen) atoms. The van der Waals surface area contributed by atoms with Crippen LogP contribution in [0.15, 0.2) is 46.3 Å². The maximum Gasteiger partial charge on any atom is 0.264 e. The highest BCUT2D eigenvalue weighted by atomic mass is 32.1. The van der Waals surface area contributed by atoms with E-state index >= 15 is 0 Å². The Morgan fingerprint density at radius 3 is 2.77 bits per heavy atom. The number of nitrogens with zero attached hydrogens (tertiary/aromatic N) is 3. The summed E-state index contributed by atoms with van der Waals surface area (Å²) in [6.07, 6.45) is 0.426. The van der Waals surface area contributed by atoms with E-state index in [1.165, 1.54) is 23.5 Å². The average Bonchev–Trinajstić information content (AvgIpc) is 3.34. The third-order valence-electron chi connectivity index (χ3n) is 3.75. The Morgan fingerprint density at radius 1 is 1.27 bits per heavy atom. The van der Waals surface area contributed by atoms with Crippen molar-refractivity contribution in [2.24, 2.45) is 0 Å². The normalized spacial score (nSPS) is 10.8. The van der Waals surface area contributed by atoms with E-state index in [0.29, 0.717) is 48.3 Å². The van der Waals surface area contributed by atoms with Gasteiger partial charge in [-0.05, 0) is 35.7 Å². The summed E-state index contributed by atoms with van der Waals surface area (Å²) in [6, 6.07) is 9.52. The molecule has 0 unspecified atom stereocenters. The Labute approximate surface area is 154 Å². The van der Waals surface area contributed by atoms with E-state index in [1.807, 2.05) is 11.4 Å². The number of benzene rings is 1. The van der Waals surface area contributed by atoms with Crippen molar-refractivity contribution in [2.45, 2.75) is 6.42 Å². The number of ether oxygens (including phenoxy) is 1. The van der Waals surface area contributed by atoms with Gasteiger partial charge in [-0.25, -0.2) is 4.39 Å². The second-order valence-corrected chi connectivity index (χ2v) is 6.48. The highest BCUT2D eigenvalue weighted by molar-refractivity contribution is 7.12. The topological polar surface area (TPSA) is 68.5 Å². The maximum atomic E-state index is 13.0. The molecule has 1 amide bonds. The van der Waals surface area contributed by atoms with Crippen molar-refractivity contribution in [3.05, 3.63) is 58.4 Å². The fraction of sp³-hybridized carbons (Fsp3) is 0.278. The molecule has 0 saturated carbocycles. The molecule has 3 aromatic rings. The lowest BCUT2D eigenvalue weighted by Crippen LogP contribution is -2.35. The predicted molar refractivity (Wildman–Crippen MR) is 95.5 cm³/mol. The molecule has 0 aliphatic heterocycles. The summed E-state index contributed by atoms with van der Waals surface area (Å²) in [5.41, 5.74) is 0.673. The van der Waals surface area contributed by atoms with Gasteiger partial charge in [0.1, 0.15) is 5.82 Å². The van der Waals surface area contributed by atoms with E-state index in [-0.39, 0.29) is 11.7 Å². The number of hydrogen-bond donors (Lipinski definition) is 0. The van der Waals surface area contributed by atoms with Crippen LogP contribution < -0.4 is 0 Å². The minimum Gasteiger partial charge on any atom is -0.383 e. The number of halogens is 1. The van der Waals surface area contributed by atoms with Gasteiger partial charge in [-0.1, -0.05) is 11.2 Å². The van der Waals surface area contributed by atoms with Gasteiger partial charge in [-0.15, -0.1) is 11.3 Å². The highest BCUT2D eigenvalue weighted by Gasteiger charge is 2.18. The number of aromatic nitrogens is 2. The monoisotopic (exact) mass is 375 g/mol. The van der Waals surface area contributed by atoms with E-state index < -0.39 is 0 Å². The molecule has 0 aliphatic rings. The maximum absolute atomic E-state index is 13.0. The van der Waals surface area contributed by atoms with Crippen LogP contribution in [-0.4, -0.2) is 47.8 Å². The van der Waals surface area contributed by atoms with Gasteiger partial charge < -0.3 is 14.2 Å². The van der Waals surface area contributed by atoms with Crippen LogP contribution in [0.5, 0.6) is 0 Å². The van der Waals surface area contributed by atoms with Crippen LogP contribution in [0.1, 0.15) is 15.6 Å². The molecule has 0 aliphatic carbocycles. The highest BCUT2D eigenvalue weighted by Crippen LogP contribution is 2.17. The Morgan fingerprint density at radius 2 is 2.08 bits per heavy atom. The molecule has 0 bridgehead atoms. The van der Waals surface area contributed by atoms with Gasteiger partial charge in [-0.3, -0.25) is 4.79 Å². The van der Waals surface area contributed by atoms with E-state index in [1.54, 1.807) is 30.2 Å². The van der Waals surface area contributed by atoms with Crippen molar-refractivity contribution < 1.29 is 18.4 Å². The van der Waals surface area contributed by atoms with E-state index in [2.05, 4.69) is 10.1 Å². The molecule has 6 nitrogen and oxygen atoms in total. The molecule has 136 valence electrons. The summed E-state index contributed by atoms with van der Waals surface area (Å²) >= 11 is 1.40. The molecule has 2 aromatic heterocycles. The third kappa shape index (κ3) is 4.53. The van der Waals surface area contributed by atoms with Gasteiger partial charge in [0.15, 0.2) is 0 Å². The van der Waals surface area contributed by atoms with Gasteiger partial charge in [0.25, 0.3) is 5.91 Å². The first-order chi connectivity index (χ1) is 12.7. The lowest BCUT2D eigenvalue weighted by molar-refractivity contribution is 0.0698. The minimum absolute atomic E-state index is 0.0460. The number of hydrogen-bond acceptors (Lipinski definition) is 6. The summed E-state index contributed by atoms with van der Waals surface area (Å²) in [6.45, 7) is 1.36. The number of carbonyl (C=O) groups is 1. The van der Waals surface area contributed by atoms with Crippen molar-refractivity contribution >= 4 is 17.2 Å². The van der Waals surface area contributed by atoms with Crippen LogP contribution in [0.3, 0.4) is 0 Å². The van der Waals surface area contributed by atoms with Crippen molar-refractivity contribution in [2.75, 3.05) is 26.8 Å². The molecule has 0 radical (unpaired) electrons. The van der Waals surface area contributed by atoms with Gasteiger partial charge >= 0.3 is 0 Å². The summed E-state index contributed by atoms with van der Waals surface area (Å²) in [5.74, 6) is 0.451. The van der Waals surface area contributed by atoms with E-state index in [9.17, 15) is 9.18 Å². The smallest absolute Gasteiger partial charge is 0.264 e. The molecule has 2 heterocycles. The number of amides is 1. The van der Waals surface area contributed by atoms with Gasteiger partial charge in [0, 0.05) is 32.2 Å². The number of carbonyl (C=O) groups excluding carboxylic acids is 1. The van der Waals surface area contributed by atoms with Crippen LogP contribution in [0.25, 0.3) is 11.4 Å². The second kappa shape index (κ2) is 8.68. The van der Waals surface area contributed by atoms with Crippen molar-refractivity contribution in [1.82, 2.24) is 15.0 Å². The Balaban J connectivity index is 1.65. The van der Waals surface area contributed by atoms with Gasteiger partial charge in [-0.2, -0.15) is 4.98 Å². The zero-order valence-corrected chi connectivity index (χ0v) is 15.0. The number of methoxy groups -OCH3 is 1. The average molecular weight is 375 g/mol. The van der Waals surface area contributed by atoms with Crippen LogP contribution in [0.4, 0.5) is 4.39 Å². The zero-order chi connectivity index (χ0) is 18.4. The predicted octanol–water partition coefficient (Wildman–Crippen LogP) is 3.27. The van der Waals surface area contributed by atoms with Crippen LogP contribution in [0, 0.1) is 5.82 Å². The molecule has 8 heteroatoms. The van der Waals surface area contributed by atoms with Crippen LogP contribution >= 0.6 is 11.3 Å². The first kappa shape index (κ1) is 18.2. The summed E-state index contributed by atoms with van der Waals surface area (Å²) < 4.78 is 23.3. The number of rotatable bonds is 8. The minimum atomic E-state index is -0.321. The second-order valence-electron chi connectivity index (χ2n) is 5.53. The molecule has 0 fully saturated rings. The molecular formula is C18H18FN3O3S. The Kier molecular flexibility index (Phi) is 6.08. The molecule has 0 atom stereocenters. The van der Waals surface area contributed by atoms with Crippen LogP contribution in [-0.2, 0) is 11.2 Å². The number of thiophene rings is 1. The third-order valence-corrected chi connectivity index (χ3v) is 4.61. The summed E-state index contributed by atoms with van der Waals surface area (Å²) in [7, 11) is 1.60. The molecule has 0 N–H and O–H groups in total. The van der Waals surface area contributed by atoms with Gasteiger partial charge in [0.2, 0.25) is 11.7 Å². The van der Waals surface area contributed by atoms with Crippen molar-refractivity contribution in [3.63, 3.8) is 0 Å². The lowest BCUT2D eigenvalue weighted by atomic mass is 10.2. The molecule has 0 saturated heterocycles. The molecular weight excluding hydrogens is 357 g/mol. The van der Waals surface area contributed by atoms with E-state index in [0.717, 1.165) is 0 Å². The fourth-order valence-corrected chi connectivity index (χ4v) is 3.07. The molecule has 3 rings (SSSR count). The lowest BCUT2D eigenvalue weighted by Gasteiger charge is -2.20. The zero-order valence-electron chi connectivity index (χ0n) is 14.2. The Bertz CT molecular complexity index is 834. The largest absolute Gasteiger partial charge is 0.383 e. The van der Waals surface area contributed by atoms with Gasteiger partial charge in [0.05, 0.1) is 11.5 Å². The first-order valence-electron chi connectivity index (χ1n) is 8.07. The SMILES string of the molecule is COCCN(CCc1nc(-c2ccc(F)cc2)no1)C(=O)c1cccs1. The quantitative estimate of drug-likeness (QED) is 0.604. The van der Waals surface area contributed by atoms with Crippen molar-refractivity contribution in [1.29, 1.82) is 0 Å². The first-order valence-corrected chi connectivity index (χ1v) is 8.95.